The quantitative estimate of drug-likeness (QED) is 0.752. The molecule has 4 rings (SSSR count). The van der Waals surface area contributed by atoms with Crippen molar-refractivity contribution in [2.75, 3.05) is 19.8 Å². The minimum atomic E-state index is -0.538. The summed E-state index contributed by atoms with van der Waals surface area (Å²) in [6.45, 7) is 2.46. The number of amides is 1. The molecule has 1 aliphatic heterocycles. The smallest absolute Gasteiger partial charge is 0.258 e. The predicted octanol–water partition coefficient (Wildman–Crippen LogP) is 2.87. The van der Waals surface area contributed by atoms with Crippen molar-refractivity contribution < 1.29 is 14.6 Å². The van der Waals surface area contributed by atoms with Gasteiger partial charge in [0, 0.05) is 24.0 Å². The number of hydrogen-bond acceptors (Lipinski definition) is 4. The molecule has 1 amide bonds. The van der Waals surface area contributed by atoms with E-state index in [1.807, 2.05) is 48.0 Å². The van der Waals surface area contributed by atoms with Crippen LogP contribution in [0.15, 0.2) is 48.8 Å². The first kappa shape index (κ1) is 18.0. The van der Waals surface area contributed by atoms with Gasteiger partial charge in [0.1, 0.15) is 11.8 Å². The second-order valence-corrected chi connectivity index (χ2v) is 7.00. The molecule has 2 atom stereocenters. The number of imidazole rings is 1. The Hall–Kier alpha value is -2.41. The van der Waals surface area contributed by atoms with E-state index in [-0.39, 0.29) is 12.5 Å². The van der Waals surface area contributed by atoms with E-state index >= 15 is 0 Å². The van der Waals surface area contributed by atoms with E-state index < -0.39 is 12.1 Å². The normalized spacial score (nSPS) is 20.2. The van der Waals surface area contributed by atoms with Gasteiger partial charge in [-0.1, -0.05) is 29.8 Å². The highest BCUT2D eigenvalue weighted by Gasteiger charge is 2.38. The fourth-order valence-electron chi connectivity index (χ4n) is 3.65. The van der Waals surface area contributed by atoms with Crippen LogP contribution < -0.4 is 0 Å². The first-order valence-electron chi connectivity index (χ1n) is 8.82. The standard InChI is InChI=1S/C20H20ClN3O3/c1-13-11-23-8-4-6-15(19(23)22-13)20(26)24-9-10-27-17(12-25)18(24)14-5-2-3-7-16(14)21/h2-8,11,17-18,25H,9-10,12H2,1H3/t17-,18-/m0/s1. The Morgan fingerprint density at radius 3 is 2.93 bits per heavy atom. The number of fused-ring (bicyclic) bond motifs is 1. The number of benzene rings is 1. The molecule has 7 heteroatoms. The van der Waals surface area contributed by atoms with Crippen molar-refractivity contribution >= 4 is 23.2 Å². The van der Waals surface area contributed by atoms with Gasteiger partial charge in [-0.15, -0.1) is 0 Å². The van der Waals surface area contributed by atoms with E-state index in [1.165, 1.54) is 0 Å². The lowest BCUT2D eigenvalue weighted by Gasteiger charge is -2.41. The van der Waals surface area contributed by atoms with E-state index in [9.17, 15) is 9.90 Å². The SMILES string of the molecule is Cc1cn2cccc(C(=O)N3CCO[C@@H](CO)[C@@H]3c3ccccc3Cl)c2n1. The Morgan fingerprint density at radius 1 is 1.33 bits per heavy atom. The van der Waals surface area contributed by atoms with E-state index in [1.54, 1.807) is 17.0 Å². The third-order valence-corrected chi connectivity index (χ3v) is 5.19. The average molecular weight is 386 g/mol. The van der Waals surface area contributed by atoms with Crippen molar-refractivity contribution in [3.05, 3.63) is 70.6 Å². The molecule has 0 aliphatic carbocycles. The van der Waals surface area contributed by atoms with Crippen LogP contribution in [-0.2, 0) is 4.74 Å². The highest BCUT2D eigenvalue weighted by molar-refractivity contribution is 6.31. The molecule has 0 saturated carbocycles. The van der Waals surface area contributed by atoms with Crippen LogP contribution in [0.4, 0.5) is 0 Å². The van der Waals surface area contributed by atoms with Gasteiger partial charge in [0.05, 0.1) is 30.5 Å². The molecule has 6 nitrogen and oxygen atoms in total. The number of halogens is 1. The van der Waals surface area contributed by atoms with E-state index in [2.05, 4.69) is 4.98 Å². The minimum absolute atomic E-state index is 0.155. The molecule has 27 heavy (non-hydrogen) atoms. The van der Waals surface area contributed by atoms with Crippen LogP contribution in [0.3, 0.4) is 0 Å². The second-order valence-electron chi connectivity index (χ2n) is 6.59. The van der Waals surface area contributed by atoms with Crippen molar-refractivity contribution in [1.29, 1.82) is 0 Å². The number of aliphatic hydroxyl groups is 1. The number of carbonyl (C=O) groups is 1. The number of hydrogen-bond donors (Lipinski definition) is 1. The zero-order chi connectivity index (χ0) is 19.0. The molecule has 1 aliphatic rings. The number of nitrogens with zero attached hydrogens (tertiary/aromatic N) is 3. The molecule has 140 valence electrons. The topological polar surface area (TPSA) is 67.1 Å². The summed E-state index contributed by atoms with van der Waals surface area (Å²) in [5.74, 6) is -0.155. The number of rotatable bonds is 3. The number of morpholine rings is 1. The summed E-state index contributed by atoms with van der Waals surface area (Å²) in [4.78, 5) is 19.7. The van der Waals surface area contributed by atoms with Crippen molar-refractivity contribution in [2.45, 2.75) is 19.1 Å². The monoisotopic (exact) mass is 385 g/mol. The van der Waals surface area contributed by atoms with Crippen molar-refractivity contribution in [2.24, 2.45) is 0 Å². The van der Waals surface area contributed by atoms with Gasteiger partial charge in [0.15, 0.2) is 0 Å². The number of pyridine rings is 1. The summed E-state index contributed by atoms with van der Waals surface area (Å²) in [6.07, 6.45) is 3.21. The lowest BCUT2D eigenvalue weighted by atomic mass is 9.97. The molecule has 0 radical (unpaired) electrons. The van der Waals surface area contributed by atoms with Gasteiger partial charge in [0.2, 0.25) is 0 Å². The van der Waals surface area contributed by atoms with Gasteiger partial charge >= 0.3 is 0 Å². The van der Waals surface area contributed by atoms with Gasteiger partial charge in [0.25, 0.3) is 5.91 Å². The summed E-state index contributed by atoms with van der Waals surface area (Å²) in [6, 6.07) is 10.5. The van der Waals surface area contributed by atoms with Crippen LogP contribution in [0.2, 0.25) is 5.02 Å². The summed E-state index contributed by atoms with van der Waals surface area (Å²) in [7, 11) is 0. The molecule has 3 heterocycles. The number of aliphatic hydroxyl groups excluding tert-OH is 1. The average Bonchev–Trinajstić information content (AvgIpc) is 3.07. The van der Waals surface area contributed by atoms with Gasteiger partial charge in [-0.3, -0.25) is 4.79 Å². The Balaban J connectivity index is 1.79. The Kier molecular flexibility index (Phi) is 4.86. The summed E-state index contributed by atoms with van der Waals surface area (Å²) < 4.78 is 7.58. The Morgan fingerprint density at radius 2 is 2.15 bits per heavy atom. The van der Waals surface area contributed by atoms with Crippen LogP contribution in [0.25, 0.3) is 5.65 Å². The molecular weight excluding hydrogens is 366 g/mol. The minimum Gasteiger partial charge on any atom is -0.394 e. The van der Waals surface area contributed by atoms with Crippen LogP contribution >= 0.6 is 11.6 Å². The Labute approximate surface area is 162 Å². The molecule has 0 bridgehead atoms. The van der Waals surface area contributed by atoms with Crippen molar-refractivity contribution in [3.8, 4) is 0 Å². The maximum Gasteiger partial charge on any atom is 0.258 e. The summed E-state index contributed by atoms with van der Waals surface area (Å²) in [5.41, 5.74) is 2.73. The highest BCUT2D eigenvalue weighted by atomic mass is 35.5. The molecule has 0 spiro atoms. The highest BCUT2D eigenvalue weighted by Crippen LogP contribution is 2.35. The number of ether oxygens (including phenoxy) is 1. The lowest BCUT2D eigenvalue weighted by Crippen LogP contribution is -2.49. The van der Waals surface area contributed by atoms with Crippen LogP contribution in [0.5, 0.6) is 0 Å². The molecule has 1 N–H and O–H groups in total. The predicted molar refractivity (Wildman–Crippen MR) is 102 cm³/mol. The van der Waals surface area contributed by atoms with Gasteiger partial charge in [-0.05, 0) is 30.7 Å². The van der Waals surface area contributed by atoms with Crippen LogP contribution in [0.1, 0.15) is 27.7 Å². The van der Waals surface area contributed by atoms with Crippen LogP contribution in [0, 0.1) is 6.92 Å². The second kappa shape index (κ2) is 7.31. The molecule has 3 aromatic rings. The maximum atomic E-state index is 13.5. The zero-order valence-electron chi connectivity index (χ0n) is 14.9. The van der Waals surface area contributed by atoms with Crippen LogP contribution in [-0.4, -0.2) is 51.2 Å². The fourth-order valence-corrected chi connectivity index (χ4v) is 3.90. The molecule has 2 aromatic heterocycles. The van der Waals surface area contributed by atoms with E-state index in [0.717, 1.165) is 11.3 Å². The zero-order valence-corrected chi connectivity index (χ0v) is 15.6. The summed E-state index contributed by atoms with van der Waals surface area (Å²) >= 11 is 6.40. The van der Waals surface area contributed by atoms with Crippen molar-refractivity contribution in [3.63, 3.8) is 0 Å². The molecule has 1 saturated heterocycles. The molecular formula is C20H20ClN3O3. The first-order chi connectivity index (χ1) is 13.1. The third kappa shape index (κ3) is 3.20. The number of carbonyl (C=O) groups excluding carboxylic acids is 1. The summed E-state index contributed by atoms with van der Waals surface area (Å²) in [5, 5.41) is 10.4. The molecule has 0 unspecified atom stereocenters. The Bertz CT molecular complexity index is 988. The van der Waals surface area contributed by atoms with Gasteiger partial charge < -0.3 is 19.1 Å². The molecule has 1 aromatic carbocycles. The number of aryl methyl sites for hydroxylation is 1. The molecule has 1 fully saturated rings. The van der Waals surface area contributed by atoms with Crippen molar-refractivity contribution in [1.82, 2.24) is 14.3 Å². The number of aromatic nitrogens is 2. The van der Waals surface area contributed by atoms with E-state index in [0.29, 0.717) is 29.4 Å². The van der Waals surface area contributed by atoms with E-state index in [4.69, 9.17) is 16.3 Å². The first-order valence-corrected chi connectivity index (χ1v) is 9.20. The fraction of sp³-hybridized carbons (Fsp3) is 0.300. The largest absolute Gasteiger partial charge is 0.394 e. The lowest BCUT2D eigenvalue weighted by molar-refractivity contribution is -0.0810. The third-order valence-electron chi connectivity index (χ3n) is 4.85. The van der Waals surface area contributed by atoms with Gasteiger partial charge in [-0.2, -0.15) is 0 Å². The maximum absolute atomic E-state index is 13.5. The van der Waals surface area contributed by atoms with Gasteiger partial charge in [-0.25, -0.2) is 4.98 Å².